The third kappa shape index (κ3) is 7.44. The van der Waals surface area contributed by atoms with Gasteiger partial charge >= 0.3 is 0 Å². The number of benzene rings is 2. The summed E-state index contributed by atoms with van der Waals surface area (Å²) < 4.78 is 0. The van der Waals surface area contributed by atoms with Gasteiger partial charge in [0.1, 0.15) is 0 Å². The molecular weight excluding hydrogens is 334 g/mol. The van der Waals surface area contributed by atoms with E-state index in [1.807, 2.05) is 72.8 Å². The fourth-order valence-corrected chi connectivity index (χ4v) is 0.770. The molecule has 0 amide bonds. The van der Waals surface area contributed by atoms with E-state index in [-0.39, 0.29) is 19.8 Å². The van der Waals surface area contributed by atoms with Gasteiger partial charge in [0.2, 0.25) is 0 Å². The van der Waals surface area contributed by atoms with E-state index in [4.69, 9.17) is 0 Å². The Morgan fingerprint density at radius 1 is 0.231 bits per heavy atom. The van der Waals surface area contributed by atoms with E-state index < -0.39 is 0 Å². The molecule has 2 aromatic rings. The van der Waals surface area contributed by atoms with Crippen LogP contribution in [-0.4, -0.2) is 0 Å². The molecule has 0 aliphatic carbocycles. The number of hydrogen-bond donors (Lipinski definition) is 0. The summed E-state index contributed by atoms with van der Waals surface area (Å²) in [7, 11) is 0. The third-order valence-corrected chi connectivity index (χ3v) is 1.33. The number of rotatable bonds is 0. The predicted molar refractivity (Wildman–Crippen MR) is 52.9 cm³/mol. The van der Waals surface area contributed by atoms with Crippen molar-refractivity contribution in [2.45, 2.75) is 0 Å². The zero-order valence-corrected chi connectivity index (χ0v) is 9.82. The molecule has 0 N–H and O–H groups in total. The topological polar surface area (TPSA) is 0 Å². The van der Waals surface area contributed by atoms with Gasteiger partial charge < -0.3 is 0 Å². The molecule has 0 heterocycles. The number of hydrogen-bond acceptors (Lipinski definition) is 0. The monoisotopic (exact) mass is 348 g/mol. The van der Waals surface area contributed by atoms with E-state index in [2.05, 4.69) is 0 Å². The van der Waals surface area contributed by atoms with Crippen LogP contribution in [0, 0.1) is 0 Å². The molecule has 0 fully saturated rings. The minimum Gasteiger partial charge on any atom is -0.0623 e. The molecule has 1 heteroatoms. The molecule has 0 saturated heterocycles. The van der Waals surface area contributed by atoms with Gasteiger partial charge in [-0.3, -0.25) is 0 Å². The van der Waals surface area contributed by atoms with Crippen LogP contribution >= 0.6 is 0 Å². The van der Waals surface area contributed by atoms with Gasteiger partial charge in [-0.2, -0.15) is 0 Å². The molecular formula is C12H12Os. The van der Waals surface area contributed by atoms with Crippen LogP contribution in [0.2, 0.25) is 0 Å². The molecule has 0 aromatic heterocycles. The van der Waals surface area contributed by atoms with Crippen molar-refractivity contribution < 1.29 is 19.8 Å². The Morgan fingerprint density at radius 3 is 0.385 bits per heavy atom. The van der Waals surface area contributed by atoms with Crippen molar-refractivity contribution in [1.82, 2.24) is 0 Å². The Balaban J connectivity index is 0.000000206. The van der Waals surface area contributed by atoms with Gasteiger partial charge in [-0.1, -0.05) is 72.8 Å². The van der Waals surface area contributed by atoms with Gasteiger partial charge in [-0.05, 0) is 0 Å². The Hall–Kier alpha value is -0.924. The molecule has 0 unspecified atom stereocenters. The fraction of sp³-hybridized carbons (Fsp3) is 0. The molecule has 0 spiro atoms. The zero-order chi connectivity index (χ0) is 8.49. The molecule has 0 aliphatic rings. The summed E-state index contributed by atoms with van der Waals surface area (Å²) in [6.45, 7) is 0. The normalized spacial score (nSPS) is 7.38. The first-order chi connectivity index (χ1) is 6.00. The first-order valence-corrected chi connectivity index (χ1v) is 4.00. The third-order valence-electron chi connectivity index (χ3n) is 1.33. The van der Waals surface area contributed by atoms with Crippen LogP contribution in [0.4, 0.5) is 0 Å². The van der Waals surface area contributed by atoms with Crippen LogP contribution in [-0.2, 0) is 19.8 Å². The molecule has 0 aliphatic heterocycles. The average molecular weight is 346 g/mol. The molecule has 0 nitrogen and oxygen atoms in total. The molecule has 0 atom stereocenters. The minimum absolute atomic E-state index is 0. The van der Waals surface area contributed by atoms with Gasteiger partial charge in [0.05, 0.1) is 0 Å². The van der Waals surface area contributed by atoms with E-state index in [1.54, 1.807) is 0 Å². The van der Waals surface area contributed by atoms with Crippen LogP contribution < -0.4 is 0 Å². The summed E-state index contributed by atoms with van der Waals surface area (Å²) in [5, 5.41) is 0. The molecule has 0 bridgehead atoms. The van der Waals surface area contributed by atoms with Crippen LogP contribution in [0.25, 0.3) is 0 Å². The Labute approximate surface area is 92.7 Å². The summed E-state index contributed by atoms with van der Waals surface area (Å²) in [5.41, 5.74) is 0. The van der Waals surface area contributed by atoms with E-state index in [0.29, 0.717) is 0 Å². The van der Waals surface area contributed by atoms with Crippen molar-refractivity contribution in [2.75, 3.05) is 0 Å². The average Bonchev–Trinajstić information content (AvgIpc) is 2.24. The van der Waals surface area contributed by atoms with Gasteiger partial charge in [0, 0.05) is 19.8 Å². The Bertz CT molecular complexity index is 181. The quantitative estimate of drug-likeness (QED) is 0.686. The molecule has 0 radical (unpaired) electrons. The van der Waals surface area contributed by atoms with Crippen molar-refractivity contribution in [3.05, 3.63) is 72.8 Å². The van der Waals surface area contributed by atoms with Crippen molar-refractivity contribution >= 4 is 0 Å². The maximum Gasteiger partial charge on any atom is 0 e. The van der Waals surface area contributed by atoms with Crippen LogP contribution in [0.3, 0.4) is 0 Å². The van der Waals surface area contributed by atoms with Crippen molar-refractivity contribution in [2.24, 2.45) is 0 Å². The van der Waals surface area contributed by atoms with E-state index >= 15 is 0 Å². The second-order valence-electron chi connectivity index (χ2n) is 2.31. The summed E-state index contributed by atoms with van der Waals surface area (Å²) in [6, 6.07) is 24.0. The van der Waals surface area contributed by atoms with Gasteiger partial charge in [0.15, 0.2) is 0 Å². The SMILES string of the molecule is [Os].c1ccccc1.c1ccccc1. The van der Waals surface area contributed by atoms with Gasteiger partial charge in [-0.15, -0.1) is 0 Å². The van der Waals surface area contributed by atoms with E-state index in [1.165, 1.54) is 0 Å². The minimum atomic E-state index is 0. The van der Waals surface area contributed by atoms with Crippen LogP contribution in [0.1, 0.15) is 0 Å². The smallest absolute Gasteiger partial charge is 0 e. The van der Waals surface area contributed by atoms with Crippen molar-refractivity contribution in [3.63, 3.8) is 0 Å². The second kappa shape index (κ2) is 9.17. The standard InChI is InChI=1S/2C6H6.Os/c2*1-2-4-6-5-3-1;/h2*1-6H;. The van der Waals surface area contributed by atoms with Crippen molar-refractivity contribution in [1.29, 1.82) is 0 Å². The van der Waals surface area contributed by atoms with Gasteiger partial charge in [0.25, 0.3) is 0 Å². The maximum atomic E-state index is 2.00. The van der Waals surface area contributed by atoms with E-state index in [0.717, 1.165) is 0 Å². The Kier molecular flexibility index (Phi) is 8.52. The van der Waals surface area contributed by atoms with Crippen LogP contribution in [0.15, 0.2) is 72.8 Å². The first kappa shape index (κ1) is 12.1. The Morgan fingerprint density at radius 2 is 0.308 bits per heavy atom. The molecule has 68 valence electrons. The first-order valence-electron chi connectivity index (χ1n) is 4.00. The predicted octanol–water partition coefficient (Wildman–Crippen LogP) is 3.37. The fourth-order valence-electron chi connectivity index (χ4n) is 0.770. The molecule has 2 rings (SSSR count). The largest absolute Gasteiger partial charge is 0.0623 e. The summed E-state index contributed by atoms with van der Waals surface area (Å²) in [6.07, 6.45) is 0. The molecule has 13 heavy (non-hydrogen) atoms. The summed E-state index contributed by atoms with van der Waals surface area (Å²) in [4.78, 5) is 0. The van der Waals surface area contributed by atoms with Crippen molar-refractivity contribution in [3.8, 4) is 0 Å². The summed E-state index contributed by atoms with van der Waals surface area (Å²) in [5.74, 6) is 0. The molecule has 2 aromatic carbocycles. The maximum absolute atomic E-state index is 2.00. The summed E-state index contributed by atoms with van der Waals surface area (Å²) >= 11 is 0. The second-order valence-corrected chi connectivity index (χ2v) is 2.31. The zero-order valence-electron chi connectivity index (χ0n) is 7.28. The van der Waals surface area contributed by atoms with E-state index in [9.17, 15) is 0 Å². The van der Waals surface area contributed by atoms with Crippen LogP contribution in [0.5, 0.6) is 0 Å². The molecule has 0 saturated carbocycles. The van der Waals surface area contributed by atoms with Gasteiger partial charge in [-0.25, -0.2) is 0 Å².